The van der Waals surface area contributed by atoms with E-state index in [0.717, 1.165) is 21.7 Å². The van der Waals surface area contributed by atoms with Gasteiger partial charge in [0, 0.05) is 20.7 Å². The maximum absolute atomic E-state index is 5.37. The second kappa shape index (κ2) is 6.87. The molecule has 2 nitrogen and oxygen atoms in total. The molecule has 0 aromatic heterocycles. The minimum atomic E-state index is 0.857. The van der Waals surface area contributed by atoms with Gasteiger partial charge in [-0.05, 0) is 36.4 Å². The van der Waals surface area contributed by atoms with Gasteiger partial charge in [0.25, 0.3) is 0 Å². The normalized spacial score (nSPS) is 10.3. The van der Waals surface area contributed by atoms with Gasteiger partial charge in [0.05, 0.1) is 14.2 Å². The average Bonchev–Trinajstić information content (AvgIpc) is 2.45. The van der Waals surface area contributed by atoms with Crippen LogP contribution in [-0.4, -0.2) is 14.2 Å². The Morgan fingerprint density at radius 2 is 1.89 bits per heavy atom. The van der Waals surface area contributed by atoms with Crippen molar-refractivity contribution in [1.29, 1.82) is 0 Å². The summed E-state index contributed by atoms with van der Waals surface area (Å²) in [6, 6.07) is 14.1. The van der Waals surface area contributed by atoms with Gasteiger partial charge in [-0.3, -0.25) is 0 Å². The molecule has 19 heavy (non-hydrogen) atoms. The quantitative estimate of drug-likeness (QED) is 0.732. The van der Waals surface area contributed by atoms with Crippen LogP contribution in [0.4, 0.5) is 0 Å². The Morgan fingerprint density at radius 1 is 1.05 bits per heavy atom. The first kappa shape index (κ1) is 14.3. The van der Waals surface area contributed by atoms with E-state index in [1.54, 1.807) is 26.0 Å². The van der Waals surface area contributed by atoms with Gasteiger partial charge < -0.3 is 9.47 Å². The molecule has 0 fully saturated rings. The largest absolute Gasteiger partial charge is 0.497 e. The lowest BCUT2D eigenvalue weighted by Gasteiger charge is -2.09. The van der Waals surface area contributed by atoms with Gasteiger partial charge in [-0.15, -0.1) is 11.8 Å². The number of halogens is 1. The molecular weight excluding hydrogens is 324 g/mol. The van der Waals surface area contributed by atoms with E-state index in [2.05, 4.69) is 28.1 Å². The van der Waals surface area contributed by atoms with Gasteiger partial charge in [-0.2, -0.15) is 0 Å². The molecular formula is C15H15BrO2S. The molecule has 4 heteroatoms. The Morgan fingerprint density at radius 3 is 2.63 bits per heavy atom. The summed E-state index contributed by atoms with van der Waals surface area (Å²) in [6.07, 6.45) is 0. The van der Waals surface area contributed by atoms with E-state index in [1.165, 1.54) is 10.5 Å². The van der Waals surface area contributed by atoms with Crippen LogP contribution in [0.5, 0.6) is 11.5 Å². The number of methoxy groups -OCH3 is 2. The molecule has 0 unspecified atom stereocenters. The number of hydrogen-bond acceptors (Lipinski definition) is 3. The third kappa shape index (κ3) is 3.91. The third-order valence-corrected chi connectivity index (χ3v) is 4.21. The smallest absolute Gasteiger partial charge is 0.122 e. The molecule has 0 N–H and O–H groups in total. The maximum atomic E-state index is 5.37. The van der Waals surface area contributed by atoms with E-state index in [0.29, 0.717) is 0 Å². The predicted molar refractivity (Wildman–Crippen MR) is 83.2 cm³/mol. The van der Waals surface area contributed by atoms with Gasteiger partial charge >= 0.3 is 0 Å². The number of benzene rings is 2. The van der Waals surface area contributed by atoms with E-state index in [9.17, 15) is 0 Å². The second-order valence-corrected chi connectivity index (χ2v) is 5.89. The Kier molecular flexibility index (Phi) is 5.16. The zero-order valence-corrected chi connectivity index (χ0v) is 13.3. The highest BCUT2D eigenvalue weighted by atomic mass is 79.9. The molecule has 0 radical (unpaired) electrons. The van der Waals surface area contributed by atoms with Gasteiger partial charge in [0.15, 0.2) is 0 Å². The zero-order valence-electron chi connectivity index (χ0n) is 10.9. The van der Waals surface area contributed by atoms with Crippen molar-refractivity contribution in [2.24, 2.45) is 0 Å². The van der Waals surface area contributed by atoms with Gasteiger partial charge in [-0.25, -0.2) is 0 Å². The van der Waals surface area contributed by atoms with Crippen LogP contribution < -0.4 is 9.47 Å². The van der Waals surface area contributed by atoms with Crippen molar-refractivity contribution in [1.82, 2.24) is 0 Å². The highest BCUT2D eigenvalue weighted by Gasteiger charge is 2.05. The summed E-state index contributed by atoms with van der Waals surface area (Å²) in [6.45, 7) is 0. The van der Waals surface area contributed by atoms with Crippen LogP contribution in [0.1, 0.15) is 5.56 Å². The molecule has 0 aliphatic heterocycles. The molecule has 0 saturated heterocycles. The minimum absolute atomic E-state index is 0.857. The fourth-order valence-electron chi connectivity index (χ4n) is 1.71. The standard InChI is InChI=1S/C15H15BrO2S/c1-17-13-4-3-5-14(9-13)19-10-11-8-12(16)6-7-15(11)18-2/h3-9H,10H2,1-2H3. The Labute approximate surface area is 126 Å². The Hall–Kier alpha value is -1.13. The lowest BCUT2D eigenvalue weighted by atomic mass is 10.2. The molecule has 0 atom stereocenters. The molecule has 0 aliphatic rings. The fourth-order valence-corrected chi connectivity index (χ4v) is 3.04. The van der Waals surface area contributed by atoms with Crippen molar-refractivity contribution >= 4 is 27.7 Å². The Balaban J connectivity index is 2.11. The molecule has 2 aromatic rings. The summed E-state index contributed by atoms with van der Waals surface area (Å²) in [4.78, 5) is 1.18. The SMILES string of the molecule is COc1cccc(SCc2cc(Br)ccc2OC)c1. The average molecular weight is 339 g/mol. The van der Waals surface area contributed by atoms with Crippen LogP contribution in [-0.2, 0) is 5.75 Å². The van der Waals surface area contributed by atoms with Gasteiger partial charge in [0.2, 0.25) is 0 Å². The highest BCUT2D eigenvalue weighted by Crippen LogP contribution is 2.31. The molecule has 0 saturated carbocycles. The molecule has 2 rings (SSSR count). The summed E-state index contributed by atoms with van der Waals surface area (Å²) < 4.78 is 11.7. The first-order valence-electron chi connectivity index (χ1n) is 5.82. The van der Waals surface area contributed by atoms with E-state index in [4.69, 9.17) is 9.47 Å². The van der Waals surface area contributed by atoms with Gasteiger partial charge in [-0.1, -0.05) is 22.0 Å². The predicted octanol–water partition coefficient (Wildman–Crippen LogP) is 4.76. The summed E-state index contributed by atoms with van der Waals surface area (Å²) in [5.74, 6) is 2.65. The topological polar surface area (TPSA) is 18.5 Å². The molecule has 2 aromatic carbocycles. The van der Waals surface area contributed by atoms with Crippen molar-refractivity contribution in [3.8, 4) is 11.5 Å². The number of thioether (sulfide) groups is 1. The first-order valence-corrected chi connectivity index (χ1v) is 7.60. The minimum Gasteiger partial charge on any atom is -0.497 e. The molecule has 0 amide bonds. The number of hydrogen-bond donors (Lipinski definition) is 0. The second-order valence-electron chi connectivity index (χ2n) is 3.92. The number of rotatable bonds is 5. The lowest BCUT2D eigenvalue weighted by molar-refractivity contribution is 0.411. The third-order valence-electron chi connectivity index (χ3n) is 2.68. The van der Waals surface area contributed by atoms with Crippen molar-refractivity contribution in [3.05, 3.63) is 52.5 Å². The maximum Gasteiger partial charge on any atom is 0.122 e. The lowest BCUT2D eigenvalue weighted by Crippen LogP contribution is -1.90. The molecule has 0 spiro atoms. The van der Waals surface area contributed by atoms with Crippen LogP contribution in [0.25, 0.3) is 0 Å². The van der Waals surface area contributed by atoms with Crippen LogP contribution in [0.15, 0.2) is 51.8 Å². The van der Waals surface area contributed by atoms with Crippen LogP contribution in [0.2, 0.25) is 0 Å². The summed E-state index contributed by atoms with van der Waals surface area (Å²) >= 11 is 5.25. The summed E-state index contributed by atoms with van der Waals surface area (Å²) in [5, 5.41) is 0. The number of ether oxygens (including phenoxy) is 2. The molecule has 0 bridgehead atoms. The molecule has 0 aliphatic carbocycles. The van der Waals surface area contributed by atoms with Crippen LogP contribution in [0.3, 0.4) is 0 Å². The zero-order chi connectivity index (χ0) is 13.7. The van der Waals surface area contributed by atoms with Crippen molar-refractivity contribution in [2.45, 2.75) is 10.6 Å². The highest BCUT2D eigenvalue weighted by molar-refractivity contribution is 9.10. The van der Waals surface area contributed by atoms with E-state index >= 15 is 0 Å². The monoisotopic (exact) mass is 338 g/mol. The first-order chi connectivity index (χ1) is 9.22. The van der Waals surface area contributed by atoms with Crippen molar-refractivity contribution in [3.63, 3.8) is 0 Å². The van der Waals surface area contributed by atoms with E-state index in [1.807, 2.05) is 30.3 Å². The summed E-state index contributed by atoms with van der Waals surface area (Å²) in [7, 11) is 3.38. The fraction of sp³-hybridized carbons (Fsp3) is 0.200. The molecule has 0 heterocycles. The van der Waals surface area contributed by atoms with E-state index < -0.39 is 0 Å². The van der Waals surface area contributed by atoms with Gasteiger partial charge in [0.1, 0.15) is 11.5 Å². The van der Waals surface area contributed by atoms with Crippen molar-refractivity contribution in [2.75, 3.05) is 14.2 Å². The summed E-state index contributed by atoms with van der Waals surface area (Å²) in [5.41, 5.74) is 1.17. The van der Waals surface area contributed by atoms with Crippen LogP contribution >= 0.6 is 27.7 Å². The Bertz CT molecular complexity index is 558. The molecule has 100 valence electrons. The van der Waals surface area contributed by atoms with E-state index in [-0.39, 0.29) is 0 Å². The van der Waals surface area contributed by atoms with Crippen molar-refractivity contribution < 1.29 is 9.47 Å². The van der Waals surface area contributed by atoms with Crippen LogP contribution in [0, 0.1) is 0 Å².